The van der Waals surface area contributed by atoms with Crippen LogP contribution in [-0.2, 0) is 11.3 Å². The molecule has 6 nitrogen and oxygen atoms in total. The molecule has 0 saturated heterocycles. The summed E-state index contributed by atoms with van der Waals surface area (Å²) in [5, 5.41) is 12.9. The first-order valence-corrected chi connectivity index (χ1v) is 6.45. The van der Waals surface area contributed by atoms with Gasteiger partial charge in [0.05, 0.1) is 19.3 Å². The van der Waals surface area contributed by atoms with Gasteiger partial charge in [0.2, 0.25) is 0 Å². The first kappa shape index (κ1) is 15.3. The van der Waals surface area contributed by atoms with E-state index >= 15 is 0 Å². The molecule has 102 valence electrons. The van der Waals surface area contributed by atoms with Crippen LogP contribution in [0.15, 0.2) is 15.5 Å². The second-order valence-electron chi connectivity index (χ2n) is 3.92. The van der Waals surface area contributed by atoms with E-state index in [2.05, 4.69) is 26.2 Å². The van der Waals surface area contributed by atoms with Gasteiger partial charge in [0.25, 0.3) is 5.56 Å². The van der Waals surface area contributed by atoms with Gasteiger partial charge in [-0.1, -0.05) is 0 Å². The molecule has 0 radical (unpaired) electrons. The Hall–Kier alpha value is -0.760. The van der Waals surface area contributed by atoms with Crippen LogP contribution in [-0.4, -0.2) is 47.6 Å². The van der Waals surface area contributed by atoms with E-state index in [0.717, 1.165) is 0 Å². The summed E-state index contributed by atoms with van der Waals surface area (Å²) in [6, 6.07) is 0. The van der Waals surface area contributed by atoms with Crippen LogP contribution >= 0.6 is 15.9 Å². The molecule has 7 heteroatoms. The Morgan fingerprint density at radius 3 is 3.06 bits per heavy atom. The fraction of sp³-hybridized carbons (Fsp3) is 0.636. The van der Waals surface area contributed by atoms with Crippen molar-refractivity contribution in [2.75, 3.05) is 26.8 Å². The van der Waals surface area contributed by atoms with Gasteiger partial charge in [0, 0.05) is 26.4 Å². The summed E-state index contributed by atoms with van der Waals surface area (Å²) in [4.78, 5) is 15.9. The van der Waals surface area contributed by atoms with E-state index in [1.165, 1.54) is 10.8 Å². The normalized spacial score (nSPS) is 12.7. The number of nitrogens with one attached hydrogen (secondary N) is 1. The van der Waals surface area contributed by atoms with Gasteiger partial charge in [-0.25, -0.2) is 4.98 Å². The lowest BCUT2D eigenvalue weighted by atomic mass is 10.3. The fourth-order valence-electron chi connectivity index (χ4n) is 1.48. The Morgan fingerprint density at radius 2 is 2.39 bits per heavy atom. The lowest BCUT2D eigenvalue weighted by Crippen LogP contribution is -2.36. The Bertz CT molecular complexity index is 436. The van der Waals surface area contributed by atoms with Crippen molar-refractivity contribution in [3.05, 3.63) is 26.8 Å². The summed E-state index contributed by atoms with van der Waals surface area (Å²) >= 11 is 3.13. The highest BCUT2D eigenvalue weighted by Gasteiger charge is 2.10. The minimum Gasteiger partial charge on any atom is -0.390 e. The Balaban J connectivity index is 2.56. The monoisotopic (exact) mass is 319 g/mol. The molecule has 0 saturated carbocycles. The highest BCUT2D eigenvalue weighted by molar-refractivity contribution is 9.10. The number of aliphatic hydroxyl groups excluding tert-OH is 1. The number of halogens is 1. The summed E-state index contributed by atoms with van der Waals surface area (Å²) < 4.78 is 6.73. The zero-order valence-corrected chi connectivity index (χ0v) is 12.1. The minimum absolute atomic E-state index is 0.182. The third-order valence-electron chi connectivity index (χ3n) is 2.46. The number of rotatable bonds is 7. The largest absolute Gasteiger partial charge is 0.390 e. The maximum atomic E-state index is 11.8. The van der Waals surface area contributed by atoms with Crippen molar-refractivity contribution in [2.24, 2.45) is 0 Å². The molecular formula is C11H18BrN3O3. The van der Waals surface area contributed by atoms with E-state index in [1.54, 1.807) is 14.0 Å². The summed E-state index contributed by atoms with van der Waals surface area (Å²) in [5.41, 5.74) is -0.182. The zero-order valence-electron chi connectivity index (χ0n) is 10.5. The highest BCUT2D eigenvalue weighted by atomic mass is 79.9. The number of hydrogen-bond acceptors (Lipinski definition) is 5. The molecule has 1 aromatic heterocycles. The van der Waals surface area contributed by atoms with E-state index in [4.69, 9.17) is 4.74 Å². The fourth-order valence-corrected chi connectivity index (χ4v) is 1.80. The van der Waals surface area contributed by atoms with Crippen LogP contribution in [0.2, 0.25) is 0 Å². The Labute approximate surface area is 114 Å². The van der Waals surface area contributed by atoms with Crippen molar-refractivity contribution in [1.29, 1.82) is 0 Å². The topological polar surface area (TPSA) is 76.4 Å². The molecule has 0 fully saturated rings. The van der Waals surface area contributed by atoms with E-state index in [9.17, 15) is 9.90 Å². The lowest BCUT2D eigenvalue weighted by molar-refractivity contribution is 0.141. The van der Waals surface area contributed by atoms with Crippen LogP contribution in [0.4, 0.5) is 0 Å². The Kier molecular flexibility index (Phi) is 6.48. The van der Waals surface area contributed by atoms with Crippen molar-refractivity contribution >= 4 is 15.9 Å². The summed E-state index contributed by atoms with van der Waals surface area (Å²) in [7, 11) is 1.62. The van der Waals surface area contributed by atoms with Crippen LogP contribution in [0.25, 0.3) is 0 Å². The summed E-state index contributed by atoms with van der Waals surface area (Å²) in [6.07, 6.45) is 0.826. The predicted octanol–water partition coefficient (Wildman–Crippen LogP) is -0.0889. The van der Waals surface area contributed by atoms with E-state index in [-0.39, 0.29) is 12.1 Å². The van der Waals surface area contributed by atoms with E-state index < -0.39 is 6.10 Å². The molecule has 0 aliphatic carbocycles. The van der Waals surface area contributed by atoms with Crippen LogP contribution < -0.4 is 10.9 Å². The minimum atomic E-state index is -0.644. The SMILES string of the molecule is COCCNCC(O)Cn1c(C)ncc(Br)c1=O. The van der Waals surface area contributed by atoms with Crippen LogP contribution in [0.3, 0.4) is 0 Å². The number of aromatic nitrogens is 2. The van der Waals surface area contributed by atoms with Gasteiger partial charge in [-0.2, -0.15) is 0 Å². The van der Waals surface area contributed by atoms with E-state index in [0.29, 0.717) is 30.0 Å². The third-order valence-corrected chi connectivity index (χ3v) is 3.01. The van der Waals surface area contributed by atoms with Gasteiger partial charge in [-0.15, -0.1) is 0 Å². The third kappa shape index (κ3) is 4.49. The summed E-state index contributed by atoms with van der Waals surface area (Å²) in [6.45, 7) is 3.61. The van der Waals surface area contributed by atoms with Crippen LogP contribution in [0.1, 0.15) is 5.82 Å². The smallest absolute Gasteiger partial charge is 0.267 e. The standard InChI is InChI=1S/C11H18BrN3O3/c1-8-14-6-10(12)11(17)15(8)7-9(16)5-13-3-4-18-2/h6,9,13,16H,3-5,7H2,1-2H3. The molecular weight excluding hydrogens is 302 g/mol. The van der Waals surface area contributed by atoms with Gasteiger partial charge in [0.15, 0.2) is 0 Å². The van der Waals surface area contributed by atoms with Gasteiger partial charge < -0.3 is 15.2 Å². The molecule has 0 aliphatic heterocycles. The molecule has 1 atom stereocenters. The maximum Gasteiger partial charge on any atom is 0.267 e. The number of nitrogens with zero attached hydrogens (tertiary/aromatic N) is 2. The van der Waals surface area contributed by atoms with Crippen molar-refractivity contribution in [1.82, 2.24) is 14.9 Å². The molecule has 1 unspecified atom stereocenters. The first-order valence-electron chi connectivity index (χ1n) is 5.66. The van der Waals surface area contributed by atoms with Crippen molar-refractivity contribution < 1.29 is 9.84 Å². The van der Waals surface area contributed by atoms with Gasteiger partial charge in [-0.3, -0.25) is 9.36 Å². The van der Waals surface area contributed by atoms with Gasteiger partial charge in [-0.05, 0) is 22.9 Å². The van der Waals surface area contributed by atoms with Gasteiger partial charge in [0.1, 0.15) is 10.3 Å². The molecule has 18 heavy (non-hydrogen) atoms. The predicted molar refractivity (Wildman–Crippen MR) is 71.7 cm³/mol. The second-order valence-corrected chi connectivity index (χ2v) is 4.77. The summed E-state index contributed by atoms with van der Waals surface area (Å²) in [5.74, 6) is 0.583. The molecule has 0 aromatic carbocycles. The van der Waals surface area contributed by atoms with Crippen molar-refractivity contribution in [3.63, 3.8) is 0 Å². The average molecular weight is 320 g/mol. The molecule has 1 aromatic rings. The zero-order chi connectivity index (χ0) is 13.5. The van der Waals surface area contributed by atoms with Gasteiger partial charge >= 0.3 is 0 Å². The number of hydrogen-bond donors (Lipinski definition) is 2. The average Bonchev–Trinajstić information content (AvgIpc) is 2.35. The van der Waals surface area contributed by atoms with E-state index in [1.807, 2.05) is 0 Å². The quantitative estimate of drug-likeness (QED) is 0.687. The van der Waals surface area contributed by atoms with Crippen molar-refractivity contribution in [2.45, 2.75) is 19.6 Å². The number of ether oxygens (including phenoxy) is 1. The number of methoxy groups -OCH3 is 1. The molecule has 1 heterocycles. The number of aliphatic hydroxyl groups is 1. The second kappa shape index (κ2) is 7.63. The number of aryl methyl sites for hydroxylation is 1. The molecule has 0 amide bonds. The lowest BCUT2D eigenvalue weighted by Gasteiger charge is -2.15. The molecule has 2 N–H and O–H groups in total. The van der Waals surface area contributed by atoms with Crippen LogP contribution in [0, 0.1) is 6.92 Å². The molecule has 1 rings (SSSR count). The van der Waals surface area contributed by atoms with Crippen LogP contribution in [0.5, 0.6) is 0 Å². The Morgan fingerprint density at radius 1 is 1.67 bits per heavy atom. The molecule has 0 bridgehead atoms. The van der Waals surface area contributed by atoms with Crippen molar-refractivity contribution in [3.8, 4) is 0 Å². The first-order chi connectivity index (χ1) is 8.56. The molecule has 0 spiro atoms. The maximum absolute atomic E-state index is 11.8. The highest BCUT2D eigenvalue weighted by Crippen LogP contribution is 2.02. The molecule has 0 aliphatic rings.